The smallest absolute Gasteiger partial charge is 0.411 e. The first-order valence-electron chi connectivity index (χ1n) is 9.18. The van der Waals surface area contributed by atoms with Crippen molar-refractivity contribution in [2.75, 3.05) is 24.7 Å². The lowest BCUT2D eigenvalue weighted by atomic mass is 9.91. The quantitative estimate of drug-likeness (QED) is 0.634. The summed E-state index contributed by atoms with van der Waals surface area (Å²) < 4.78 is 7.67. The number of rotatable bonds is 6. The Balaban J connectivity index is 1.43. The first kappa shape index (κ1) is 20.1. The second kappa shape index (κ2) is 10.0. The monoisotopic (exact) mass is 404 g/mol. The summed E-state index contributed by atoms with van der Waals surface area (Å²) in [5.74, 6) is 0.747. The fourth-order valence-electron chi connectivity index (χ4n) is 3.24. The molecule has 1 amide bonds. The lowest BCUT2D eigenvalue weighted by Gasteiger charge is -2.30. The zero-order valence-electron chi connectivity index (χ0n) is 15.5. The van der Waals surface area contributed by atoms with Gasteiger partial charge in [0.15, 0.2) is 0 Å². The number of hydrogen-bond acceptors (Lipinski definition) is 4. The minimum absolute atomic E-state index is 0.218. The molecule has 2 aromatic carbocycles. The third kappa shape index (κ3) is 6.45. The molecule has 0 unspecified atom stereocenters. The molecule has 1 saturated heterocycles. The summed E-state index contributed by atoms with van der Waals surface area (Å²) in [7, 11) is 0. The van der Waals surface area contributed by atoms with Crippen LogP contribution in [0.3, 0.4) is 0 Å². The van der Waals surface area contributed by atoms with E-state index >= 15 is 0 Å². The van der Waals surface area contributed by atoms with Crippen molar-refractivity contribution in [3.05, 3.63) is 64.7 Å². The van der Waals surface area contributed by atoms with Crippen LogP contribution in [0.5, 0.6) is 0 Å². The van der Waals surface area contributed by atoms with Gasteiger partial charge in [-0.15, -0.1) is 0 Å². The summed E-state index contributed by atoms with van der Waals surface area (Å²) in [4.78, 5) is 11.9. The Morgan fingerprint density at radius 3 is 2.37 bits per heavy atom. The summed E-state index contributed by atoms with van der Waals surface area (Å²) in [6.07, 6.45) is 5.29. The van der Waals surface area contributed by atoms with E-state index in [1.54, 1.807) is 12.1 Å². The van der Waals surface area contributed by atoms with Crippen molar-refractivity contribution >= 4 is 35.3 Å². The molecule has 0 saturated carbocycles. The summed E-state index contributed by atoms with van der Waals surface area (Å²) in [5, 5.41) is 3.44. The number of amides is 1. The molecule has 0 bridgehead atoms. The third-order valence-corrected chi connectivity index (χ3v) is 5.97. The third-order valence-electron chi connectivity index (χ3n) is 4.84. The molecular formula is C21H25ClN2O2S. The van der Waals surface area contributed by atoms with Gasteiger partial charge in [-0.1, -0.05) is 47.8 Å². The van der Waals surface area contributed by atoms with E-state index in [0.717, 1.165) is 23.6 Å². The van der Waals surface area contributed by atoms with Crippen LogP contribution in [0.1, 0.15) is 24.0 Å². The average Bonchev–Trinajstić information content (AvgIpc) is 2.70. The van der Waals surface area contributed by atoms with Gasteiger partial charge in [0.05, 0.1) is 0 Å². The lowest BCUT2D eigenvalue weighted by molar-refractivity contribution is 0.155. The lowest BCUT2D eigenvalue weighted by Crippen LogP contribution is -2.29. The average molecular weight is 405 g/mol. The Kier molecular flexibility index (Phi) is 7.44. The molecule has 1 heterocycles. The number of piperidine rings is 1. The van der Waals surface area contributed by atoms with Crippen LogP contribution in [0, 0.1) is 5.92 Å². The Morgan fingerprint density at radius 2 is 1.74 bits per heavy atom. The molecule has 144 valence electrons. The SMILES string of the molecule is CSN1CCC(Cc2ccc(NC(=O)OCc3ccc(Cl)cc3)cc2)CC1. The first-order valence-corrected chi connectivity index (χ1v) is 10.7. The van der Waals surface area contributed by atoms with Crippen molar-refractivity contribution < 1.29 is 9.53 Å². The standard InChI is InChI=1S/C21H25ClN2O2S/c1-27-24-12-10-17(11-13-24)14-16-4-8-20(9-5-16)23-21(25)26-15-18-2-6-19(22)7-3-18/h2-9,17H,10-15H2,1H3,(H,23,25). The van der Waals surface area contributed by atoms with Crippen LogP contribution in [0.25, 0.3) is 0 Å². The van der Waals surface area contributed by atoms with Crippen LogP contribution in [0.4, 0.5) is 10.5 Å². The Bertz CT molecular complexity index is 729. The Hall–Kier alpha value is -1.69. The minimum atomic E-state index is -0.456. The van der Waals surface area contributed by atoms with Gasteiger partial charge in [0.2, 0.25) is 0 Å². The molecule has 0 aliphatic carbocycles. The van der Waals surface area contributed by atoms with E-state index in [1.807, 2.05) is 36.2 Å². The van der Waals surface area contributed by atoms with Crippen LogP contribution in [0.2, 0.25) is 5.02 Å². The molecule has 4 nitrogen and oxygen atoms in total. The zero-order valence-corrected chi connectivity index (χ0v) is 17.1. The van der Waals surface area contributed by atoms with E-state index in [0.29, 0.717) is 5.02 Å². The number of carbonyl (C=O) groups is 1. The molecule has 1 aliphatic rings. The van der Waals surface area contributed by atoms with Crippen molar-refractivity contribution in [3.63, 3.8) is 0 Å². The molecule has 0 radical (unpaired) electrons. The Labute approximate surface area is 170 Å². The summed E-state index contributed by atoms with van der Waals surface area (Å²) >= 11 is 7.69. The highest BCUT2D eigenvalue weighted by molar-refractivity contribution is 7.96. The molecule has 1 N–H and O–H groups in total. The summed E-state index contributed by atoms with van der Waals surface area (Å²) in [6.45, 7) is 2.56. The molecule has 1 fully saturated rings. The molecule has 27 heavy (non-hydrogen) atoms. The molecule has 3 rings (SSSR count). The number of hydrogen-bond donors (Lipinski definition) is 1. The van der Waals surface area contributed by atoms with Gasteiger partial charge < -0.3 is 4.74 Å². The van der Waals surface area contributed by atoms with Gasteiger partial charge in [-0.3, -0.25) is 9.62 Å². The molecule has 2 aromatic rings. The van der Waals surface area contributed by atoms with Crippen LogP contribution < -0.4 is 5.32 Å². The van der Waals surface area contributed by atoms with E-state index in [-0.39, 0.29) is 6.61 Å². The number of halogens is 1. The van der Waals surface area contributed by atoms with Gasteiger partial charge in [0.1, 0.15) is 6.61 Å². The van der Waals surface area contributed by atoms with E-state index in [4.69, 9.17) is 16.3 Å². The van der Waals surface area contributed by atoms with Gasteiger partial charge in [-0.2, -0.15) is 0 Å². The normalized spacial score (nSPS) is 15.5. The maximum atomic E-state index is 11.9. The zero-order chi connectivity index (χ0) is 19.1. The topological polar surface area (TPSA) is 41.6 Å². The van der Waals surface area contributed by atoms with Gasteiger partial charge in [-0.05, 0) is 66.8 Å². The molecular weight excluding hydrogens is 380 g/mol. The number of anilines is 1. The number of nitrogens with zero attached hydrogens (tertiary/aromatic N) is 1. The minimum Gasteiger partial charge on any atom is -0.444 e. The fraction of sp³-hybridized carbons (Fsp3) is 0.381. The number of nitrogens with one attached hydrogen (secondary N) is 1. The largest absolute Gasteiger partial charge is 0.444 e. The highest BCUT2D eigenvalue weighted by Gasteiger charge is 2.18. The molecule has 0 atom stereocenters. The van der Waals surface area contributed by atoms with Gasteiger partial charge >= 0.3 is 6.09 Å². The second-order valence-corrected chi connectivity index (χ2v) is 8.10. The predicted molar refractivity (Wildman–Crippen MR) is 113 cm³/mol. The molecule has 1 aliphatic heterocycles. The summed E-state index contributed by atoms with van der Waals surface area (Å²) in [5.41, 5.74) is 2.96. The number of carbonyl (C=O) groups excluding carboxylic acids is 1. The fourth-order valence-corrected chi connectivity index (χ4v) is 3.94. The van der Waals surface area contributed by atoms with Crippen molar-refractivity contribution in [2.24, 2.45) is 5.92 Å². The highest BCUT2D eigenvalue weighted by Crippen LogP contribution is 2.25. The van der Waals surface area contributed by atoms with Gasteiger partial charge in [0.25, 0.3) is 0 Å². The van der Waals surface area contributed by atoms with Gasteiger partial charge in [-0.25, -0.2) is 4.79 Å². The molecule has 6 heteroatoms. The van der Waals surface area contributed by atoms with Crippen LogP contribution >= 0.6 is 23.5 Å². The van der Waals surface area contributed by atoms with E-state index in [9.17, 15) is 4.79 Å². The van der Waals surface area contributed by atoms with E-state index < -0.39 is 6.09 Å². The van der Waals surface area contributed by atoms with E-state index in [2.05, 4.69) is 28.0 Å². The second-order valence-electron chi connectivity index (χ2n) is 6.78. The summed E-state index contributed by atoms with van der Waals surface area (Å²) in [6, 6.07) is 15.3. The van der Waals surface area contributed by atoms with Crippen LogP contribution in [-0.2, 0) is 17.8 Å². The van der Waals surface area contributed by atoms with Crippen molar-refractivity contribution in [3.8, 4) is 0 Å². The Morgan fingerprint density at radius 1 is 1.11 bits per heavy atom. The van der Waals surface area contributed by atoms with E-state index in [1.165, 1.54) is 31.5 Å². The maximum Gasteiger partial charge on any atom is 0.411 e. The number of benzene rings is 2. The molecule has 0 spiro atoms. The first-order chi connectivity index (χ1) is 13.1. The van der Waals surface area contributed by atoms with Crippen molar-refractivity contribution in [1.29, 1.82) is 0 Å². The van der Waals surface area contributed by atoms with Crippen molar-refractivity contribution in [1.82, 2.24) is 4.31 Å². The predicted octanol–water partition coefficient (Wildman–Crippen LogP) is 5.62. The maximum absolute atomic E-state index is 11.9. The van der Waals surface area contributed by atoms with Gasteiger partial charge in [0, 0.05) is 23.8 Å². The van der Waals surface area contributed by atoms with Crippen LogP contribution in [0.15, 0.2) is 48.5 Å². The van der Waals surface area contributed by atoms with Crippen molar-refractivity contribution in [2.45, 2.75) is 25.9 Å². The number of ether oxygens (including phenoxy) is 1. The van der Waals surface area contributed by atoms with Crippen LogP contribution in [-0.4, -0.2) is 29.7 Å². The highest BCUT2D eigenvalue weighted by atomic mass is 35.5. The molecule has 0 aromatic heterocycles.